The maximum absolute atomic E-state index is 12.6. The number of carbonyl (C=O) groups is 1. The number of piperidine rings is 1. The Morgan fingerprint density at radius 1 is 1.00 bits per heavy atom. The molecule has 7 heteroatoms. The third-order valence-electron chi connectivity index (χ3n) is 6.32. The van der Waals surface area contributed by atoms with Gasteiger partial charge in [0.1, 0.15) is 24.2 Å². The minimum absolute atomic E-state index is 0. The molecule has 0 aromatic heterocycles. The van der Waals surface area contributed by atoms with Crippen molar-refractivity contribution in [3.05, 3.63) is 89.5 Å². The highest BCUT2D eigenvalue weighted by Crippen LogP contribution is 2.27. The lowest BCUT2D eigenvalue weighted by Crippen LogP contribution is -2.35. The molecular weight excluding hydrogens is 490 g/mol. The second kappa shape index (κ2) is 13.7. The number of phenolic OH excluding ortho intramolecular Hbond substituents is 1. The van der Waals surface area contributed by atoms with Gasteiger partial charge in [0.15, 0.2) is 17.3 Å². The number of nitrogens with zero attached hydrogens (tertiary/aromatic N) is 1. The largest absolute Gasteiger partial charge is 0.504 e. The van der Waals surface area contributed by atoms with Crippen LogP contribution in [0.1, 0.15) is 29.5 Å². The highest BCUT2D eigenvalue weighted by Gasteiger charge is 2.18. The van der Waals surface area contributed by atoms with Crippen LogP contribution in [0.4, 0.5) is 0 Å². The van der Waals surface area contributed by atoms with Crippen LogP contribution in [0.3, 0.4) is 0 Å². The molecule has 0 bridgehead atoms. The zero-order valence-electron chi connectivity index (χ0n) is 21.3. The van der Waals surface area contributed by atoms with Gasteiger partial charge in [0.25, 0.3) is 0 Å². The van der Waals surface area contributed by atoms with Crippen molar-refractivity contribution in [3.8, 4) is 23.0 Å². The van der Waals surface area contributed by atoms with Crippen molar-refractivity contribution in [2.45, 2.75) is 32.0 Å². The van der Waals surface area contributed by atoms with Crippen LogP contribution in [-0.2, 0) is 17.8 Å². The predicted molar refractivity (Wildman–Crippen MR) is 148 cm³/mol. The van der Waals surface area contributed by atoms with Gasteiger partial charge in [0, 0.05) is 25.6 Å². The van der Waals surface area contributed by atoms with E-state index in [2.05, 4.69) is 11.9 Å². The molecule has 0 aliphatic carbocycles. The maximum Gasteiger partial charge on any atom is 0.160 e. The van der Waals surface area contributed by atoms with Crippen LogP contribution in [0, 0.1) is 0 Å². The van der Waals surface area contributed by atoms with E-state index in [0.717, 1.165) is 54.1 Å². The molecule has 1 N–H and O–H groups in total. The standard InChI is InChI=1S/C30H33NO5.ClH/c1-31-16-14-26(15-17-31)36-28-9-5-8-27(20-28)35-21-24-7-4-3-6-23(24)19-25(32)12-10-22-11-13-30(34-2)29(33)18-22;/h3-13,18,20,26,33H,14-17,19,21H2,1-2H3;1H/b12-10+;. The van der Waals surface area contributed by atoms with Crippen molar-refractivity contribution in [3.63, 3.8) is 0 Å². The van der Waals surface area contributed by atoms with Gasteiger partial charge in [-0.05, 0) is 66.9 Å². The molecule has 1 heterocycles. The van der Waals surface area contributed by atoms with Gasteiger partial charge >= 0.3 is 0 Å². The molecule has 0 saturated carbocycles. The molecule has 0 radical (unpaired) electrons. The summed E-state index contributed by atoms with van der Waals surface area (Å²) >= 11 is 0. The van der Waals surface area contributed by atoms with Gasteiger partial charge < -0.3 is 24.2 Å². The molecule has 1 saturated heterocycles. The van der Waals surface area contributed by atoms with E-state index < -0.39 is 0 Å². The summed E-state index contributed by atoms with van der Waals surface area (Å²) in [6.45, 7) is 2.46. The fraction of sp³-hybridized carbons (Fsp3) is 0.300. The zero-order valence-corrected chi connectivity index (χ0v) is 22.1. The molecule has 1 fully saturated rings. The molecule has 0 amide bonds. The first-order valence-corrected chi connectivity index (χ1v) is 12.2. The monoisotopic (exact) mass is 523 g/mol. The number of hydrogen-bond donors (Lipinski definition) is 1. The first kappa shape index (κ1) is 28.1. The predicted octanol–water partition coefficient (Wildman–Crippen LogP) is 5.70. The molecule has 4 rings (SSSR count). The second-order valence-electron chi connectivity index (χ2n) is 9.06. The zero-order chi connectivity index (χ0) is 25.3. The molecule has 0 unspecified atom stereocenters. The van der Waals surface area contributed by atoms with Crippen LogP contribution in [0.25, 0.3) is 6.08 Å². The molecule has 0 atom stereocenters. The van der Waals surface area contributed by atoms with Gasteiger partial charge in [0.2, 0.25) is 0 Å². The third kappa shape index (κ3) is 8.27. The van der Waals surface area contributed by atoms with Gasteiger partial charge in [-0.1, -0.05) is 42.5 Å². The van der Waals surface area contributed by atoms with E-state index in [1.165, 1.54) is 13.2 Å². The van der Waals surface area contributed by atoms with Crippen LogP contribution < -0.4 is 14.2 Å². The lowest BCUT2D eigenvalue weighted by molar-refractivity contribution is -0.113. The SMILES string of the molecule is COc1ccc(/C=C/C(=O)Cc2ccccc2COc2cccc(OC3CCN(C)CC3)c2)cc1O.Cl. The summed E-state index contributed by atoms with van der Waals surface area (Å²) in [5, 5.41) is 9.92. The van der Waals surface area contributed by atoms with Crippen molar-refractivity contribution >= 4 is 24.3 Å². The Labute approximate surface area is 224 Å². The molecule has 3 aromatic carbocycles. The van der Waals surface area contributed by atoms with E-state index >= 15 is 0 Å². The first-order chi connectivity index (χ1) is 17.5. The number of rotatable bonds is 10. The molecule has 3 aromatic rings. The van der Waals surface area contributed by atoms with Crippen LogP contribution in [0.15, 0.2) is 72.8 Å². The molecule has 196 valence electrons. The van der Waals surface area contributed by atoms with Crippen molar-refractivity contribution in [1.29, 1.82) is 0 Å². The second-order valence-corrected chi connectivity index (χ2v) is 9.06. The third-order valence-corrected chi connectivity index (χ3v) is 6.32. The number of ether oxygens (including phenoxy) is 3. The average Bonchev–Trinajstić information content (AvgIpc) is 2.89. The van der Waals surface area contributed by atoms with E-state index in [0.29, 0.717) is 12.4 Å². The number of halogens is 1. The Kier molecular flexibility index (Phi) is 10.4. The average molecular weight is 524 g/mol. The van der Waals surface area contributed by atoms with Crippen LogP contribution >= 0.6 is 12.4 Å². The Hall–Kier alpha value is -3.48. The summed E-state index contributed by atoms with van der Waals surface area (Å²) in [5.74, 6) is 1.95. The molecule has 1 aliphatic rings. The molecule has 37 heavy (non-hydrogen) atoms. The number of likely N-dealkylation sites (tertiary alicyclic amines) is 1. The Balaban J connectivity index is 0.00000380. The van der Waals surface area contributed by atoms with Crippen LogP contribution in [-0.4, -0.2) is 49.1 Å². The highest BCUT2D eigenvalue weighted by molar-refractivity contribution is 5.95. The fourth-order valence-corrected chi connectivity index (χ4v) is 4.21. The summed E-state index contributed by atoms with van der Waals surface area (Å²) in [6.07, 6.45) is 5.77. The quantitative estimate of drug-likeness (QED) is 0.344. The number of methoxy groups -OCH3 is 1. The van der Waals surface area contributed by atoms with E-state index in [1.54, 1.807) is 24.3 Å². The topological polar surface area (TPSA) is 68.2 Å². The van der Waals surface area contributed by atoms with E-state index in [-0.39, 0.29) is 36.5 Å². The van der Waals surface area contributed by atoms with Gasteiger partial charge in [-0.15, -0.1) is 12.4 Å². The maximum atomic E-state index is 12.6. The number of carbonyl (C=O) groups excluding carboxylic acids is 1. The number of allylic oxidation sites excluding steroid dienone is 1. The number of phenols is 1. The van der Waals surface area contributed by atoms with Crippen molar-refractivity contribution in [1.82, 2.24) is 4.90 Å². The first-order valence-electron chi connectivity index (χ1n) is 12.2. The van der Waals surface area contributed by atoms with Gasteiger partial charge in [-0.3, -0.25) is 4.79 Å². The Bertz CT molecular complexity index is 1200. The molecule has 1 aliphatic heterocycles. The number of aromatic hydroxyl groups is 1. The Morgan fingerprint density at radius 2 is 1.73 bits per heavy atom. The van der Waals surface area contributed by atoms with Crippen molar-refractivity contribution in [2.24, 2.45) is 0 Å². The number of benzene rings is 3. The smallest absolute Gasteiger partial charge is 0.160 e. The minimum atomic E-state index is -0.0358. The summed E-state index contributed by atoms with van der Waals surface area (Å²) in [4.78, 5) is 15.0. The summed E-state index contributed by atoms with van der Waals surface area (Å²) in [7, 11) is 3.63. The summed E-state index contributed by atoms with van der Waals surface area (Å²) in [6, 6.07) is 20.6. The van der Waals surface area contributed by atoms with Gasteiger partial charge in [-0.2, -0.15) is 0 Å². The van der Waals surface area contributed by atoms with E-state index in [4.69, 9.17) is 14.2 Å². The fourth-order valence-electron chi connectivity index (χ4n) is 4.21. The lowest BCUT2D eigenvalue weighted by atomic mass is 10.0. The van der Waals surface area contributed by atoms with Crippen molar-refractivity contribution < 1.29 is 24.1 Å². The molecule has 6 nitrogen and oxygen atoms in total. The molecular formula is C30H34ClNO5. The summed E-state index contributed by atoms with van der Waals surface area (Å²) < 4.78 is 17.3. The van der Waals surface area contributed by atoms with E-state index in [9.17, 15) is 9.90 Å². The normalized spacial score (nSPS) is 14.2. The van der Waals surface area contributed by atoms with Crippen LogP contribution in [0.2, 0.25) is 0 Å². The van der Waals surface area contributed by atoms with Gasteiger partial charge in [0.05, 0.1) is 7.11 Å². The highest BCUT2D eigenvalue weighted by atomic mass is 35.5. The van der Waals surface area contributed by atoms with Crippen molar-refractivity contribution in [2.75, 3.05) is 27.2 Å². The number of hydrogen-bond acceptors (Lipinski definition) is 6. The summed E-state index contributed by atoms with van der Waals surface area (Å²) in [5.41, 5.74) is 2.60. The molecule has 0 spiro atoms. The number of ketones is 1. The minimum Gasteiger partial charge on any atom is -0.504 e. The Morgan fingerprint density at radius 3 is 2.46 bits per heavy atom. The van der Waals surface area contributed by atoms with Gasteiger partial charge in [-0.25, -0.2) is 0 Å². The lowest BCUT2D eigenvalue weighted by Gasteiger charge is -2.29. The van der Waals surface area contributed by atoms with E-state index in [1.807, 2.05) is 48.5 Å². The van der Waals surface area contributed by atoms with Crippen LogP contribution in [0.5, 0.6) is 23.0 Å².